The van der Waals surface area contributed by atoms with Gasteiger partial charge >= 0.3 is 17.8 Å². The number of aromatic nitrogens is 2. The van der Waals surface area contributed by atoms with Crippen molar-refractivity contribution in [2.75, 3.05) is 11.9 Å². The molecule has 2 aromatic heterocycles. The van der Waals surface area contributed by atoms with E-state index < -0.39 is 28.9 Å². The van der Waals surface area contributed by atoms with E-state index in [0.29, 0.717) is 11.3 Å². The zero-order chi connectivity index (χ0) is 22.6. The standard InChI is InChI=1S/C18H22N4O7S/c1-6-28-18(25)15-11(5)14(17(24)29-9(2)3)16(30-15)19-13(23)8-21-10(4)7-12(20-21)22(26)27/h7,9H,6,8H2,1-5H3,(H,19,23). The Labute approximate surface area is 176 Å². The molecule has 0 aromatic carbocycles. The first-order valence-electron chi connectivity index (χ1n) is 9.05. The molecule has 0 aliphatic heterocycles. The largest absolute Gasteiger partial charge is 0.462 e. The van der Waals surface area contributed by atoms with E-state index in [1.165, 1.54) is 10.7 Å². The van der Waals surface area contributed by atoms with Crippen molar-refractivity contribution in [3.8, 4) is 0 Å². The predicted octanol–water partition coefficient (Wildman–Crippen LogP) is 2.85. The molecular formula is C18H22N4O7S. The van der Waals surface area contributed by atoms with Crippen molar-refractivity contribution in [3.05, 3.63) is 37.9 Å². The molecule has 162 valence electrons. The molecule has 0 saturated carbocycles. The topological polar surface area (TPSA) is 143 Å². The number of ether oxygens (including phenoxy) is 2. The van der Waals surface area contributed by atoms with Crippen molar-refractivity contribution < 1.29 is 28.8 Å². The molecule has 1 N–H and O–H groups in total. The molecule has 30 heavy (non-hydrogen) atoms. The van der Waals surface area contributed by atoms with Crippen LogP contribution in [-0.2, 0) is 20.8 Å². The quantitative estimate of drug-likeness (QED) is 0.376. The molecule has 2 heterocycles. The third-order valence-electron chi connectivity index (χ3n) is 3.86. The van der Waals surface area contributed by atoms with Crippen LogP contribution in [0.5, 0.6) is 0 Å². The van der Waals surface area contributed by atoms with Gasteiger partial charge in [0.25, 0.3) is 0 Å². The Balaban J connectivity index is 2.33. The van der Waals surface area contributed by atoms with Gasteiger partial charge in [0.15, 0.2) is 0 Å². The lowest BCUT2D eigenvalue weighted by Crippen LogP contribution is -2.21. The number of anilines is 1. The Bertz CT molecular complexity index is 993. The van der Waals surface area contributed by atoms with Crippen molar-refractivity contribution in [1.29, 1.82) is 0 Å². The fourth-order valence-electron chi connectivity index (χ4n) is 2.56. The van der Waals surface area contributed by atoms with Gasteiger partial charge in [0.2, 0.25) is 5.91 Å². The molecule has 0 fully saturated rings. The van der Waals surface area contributed by atoms with Gasteiger partial charge in [0, 0.05) is 0 Å². The van der Waals surface area contributed by atoms with Gasteiger partial charge in [-0.15, -0.1) is 11.3 Å². The van der Waals surface area contributed by atoms with Crippen LogP contribution in [-0.4, -0.2) is 45.3 Å². The summed E-state index contributed by atoms with van der Waals surface area (Å²) in [4.78, 5) is 47.6. The Morgan fingerprint density at radius 1 is 1.30 bits per heavy atom. The maximum absolute atomic E-state index is 12.6. The van der Waals surface area contributed by atoms with E-state index in [-0.39, 0.29) is 34.4 Å². The number of carbonyl (C=O) groups excluding carboxylic acids is 3. The van der Waals surface area contributed by atoms with E-state index in [2.05, 4.69) is 10.4 Å². The number of amides is 1. The van der Waals surface area contributed by atoms with Crippen LogP contribution in [0.25, 0.3) is 0 Å². The lowest BCUT2D eigenvalue weighted by molar-refractivity contribution is -0.389. The summed E-state index contributed by atoms with van der Waals surface area (Å²) in [6, 6.07) is 1.24. The molecule has 0 bridgehead atoms. The minimum atomic E-state index is -0.685. The van der Waals surface area contributed by atoms with Gasteiger partial charge < -0.3 is 24.9 Å². The van der Waals surface area contributed by atoms with Gasteiger partial charge in [-0.3, -0.25) is 4.79 Å². The van der Waals surface area contributed by atoms with Gasteiger partial charge in [0.1, 0.15) is 16.4 Å². The van der Waals surface area contributed by atoms with Crippen LogP contribution in [0.3, 0.4) is 0 Å². The number of rotatable bonds is 8. The molecule has 11 nitrogen and oxygen atoms in total. The van der Waals surface area contributed by atoms with E-state index in [1.807, 2.05) is 0 Å². The number of hydrogen-bond acceptors (Lipinski definition) is 9. The molecule has 2 rings (SSSR count). The average Bonchev–Trinajstić information content (AvgIpc) is 3.15. The highest BCUT2D eigenvalue weighted by molar-refractivity contribution is 7.18. The van der Waals surface area contributed by atoms with Gasteiger partial charge in [-0.25, -0.2) is 9.59 Å². The van der Waals surface area contributed by atoms with Crippen molar-refractivity contribution >= 4 is 40.0 Å². The first-order chi connectivity index (χ1) is 14.0. The minimum absolute atomic E-state index is 0.0632. The minimum Gasteiger partial charge on any atom is -0.462 e. The van der Waals surface area contributed by atoms with Crippen molar-refractivity contribution in [3.63, 3.8) is 0 Å². The number of carbonyl (C=O) groups is 3. The maximum Gasteiger partial charge on any atom is 0.390 e. The number of nitrogens with zero attached hydrogens (tertiary/aromatic N) is 3. The Morgan fingerprint density at radius 3 is 2.50 bits per heavy atom. The summed E-state index contributed by atoms with van der Waals surface area (Å²) in [7, 11) is 0. The number of nitro groups is 1. The second-order valence-corrected chi connectivity index (χ2v) is 7.56. The molecule has 2 aromatic rings. The van der Waals surface area contributed by atoms with Crippen LogP contribution in [0.2, 0.25) is 0 Å². The number of nitrogens with one attached hydrogen (secondary N) is 1. The molecule has 0 spiro atoms. The molecule has 0 saturated heterocycles. The van der Waals surface area contributed by atoms with Crippen LogP contribution in [0.15, 0.2) is 6.07 Å². The van der Waals surface area contributed by atoms with Crippen LogP contribution >= 0.6 is 11.3 Å². The number of hydrogen-bond donors (Lipinski definition) is 1. The Kier molecular flexibility index (Phi) is 7.27. The lowest BCUT2D eigenvalue weighted by Gasteiger charge is -2.10. The number of esters is 2. The zero-order valence-corrected chi connectivity index (χ0v) is 18.0. The van der Waals surface area contributed by atoms with E-state index in [4.69, 9.17) is 9.47 Å². The number of aryl methyl sites for hydroxylation is 1. The molecule has 0 unspecified atom stereocenters. The monoisotopic (exact) mass is 438 g/mol. The molecule has 0 radical (unpaired) electrons. The molecule has 12 heteroatoms. The maximum atomic E-state index is 12.6. The molecule has 0 atom stereocenters. The lowest BCUT2D eigenvalue weighted by atomic mass is 10.1. The summed E-state index contributed by atoms with van der Waals surface area (Å²) in [5.41, 5.74) is 0.824. The van der Waals surface area contributed by atoms with Gasteiger partial charge in [0.05, 0.1) is 35.1 Å². The number of thiophene rings is 1. The Hall–Kier alpha value is -3.28. The van der Waals surface area contributed by atoms with Crippen LogP contribution in [0.1, 0.15) is 52.1 Å². The zero-order valence-electron chi connectivity index (χ0n) is 17.2. The van der Waals surface area contributed by atoms with E-state index in [0.717, 1.165) is 11.3 Å². The highest BCUT2D eigenvalue weighted by Gasteiger charge is 2.28. The second-order valence-electron chi connectivity index (χ2n) is 6.54. The van der Waals surface area contributed by atoms with Gasteiger partial charge in [-0.1, -0.05) is 0 Å². The SMILES string of the molecule is CCOC(=O)c1sc(NC(=O)Cn2nc([N+](=O)[O-])cc2C)c(C(=O)OC(C)C)c1C. The summed E-state index contributed by atoms with van der Waals surface area (Å²) in [5, 5.41) is 17.3. The van der Waals surface area contributed by atoms with Crippen molar-refractivity contribution in [1.82, 2.24) is 9.78 Å². The fourth-order valence-corrected chi connectivity index (χ4v) is 3.66. The van der Waals surface area contributed by atoms with Crippen molar-refractivity contribution in [2.45, 2.75) is 47.3 Å². The predicted molar refractivity (Wildman–Crippen MR) is 108 cm³/mol. The van der Waals surface area contributed by atoms with E-state index in [9.17, 15) is 24.5 Å². The smallest absolute Gasteiger partial charge is 0.390 e. The molecular weight excluding hydrogens is 416 g/mol. The van der Waals surface area contributed by atoms with Crippen LogP contribution in [0, 0.1) is 24.0 Å². The van der Waals surface area contributed by atoms with Crippen LogP contribution < -0.4 is 5.32 Å². The molecule has 0 aliphatic rings. The third kappa shape index (κ3) is 5.20. The molecule has 0 aliphatic carbocycles. The summed E-state index contributed by atoms with van der Waals surface area (Å²) in [6.07, 6.45) is -0.404. The highest BCUT2D eigenvalue weighted by atomic mass is 32.1. The normalized spacial score (nSPS) is 10.7. The summed E-state index contributed by atoms with van der Waals surface area (Å²) in [6.45, 7) is 7.99. The van der Waals surface area contributed by atoms with Gasteiger partial charge in [-0.05, 0) is 45.1 Å². The fraction of sp³-hybridized carbons (Fsp3) is 0.444. The van der Waals surface area contributed by atoms with Crippen molar-refractivity contribution in [2.24, 2.45) is 0 Å². The average molecular weight is 438 g/mol. The summed E-state index contributed by atoms with van der Waals surface area (Å²) in [5.74, 6) is -2.25. The van der Waals surface area contributed by atoms with Crippen LogP contribution in [0.4, 0.5) is 10.8 Å². The van der Waals surface area contributed by atoms with E-state index in [1.54, 1.807) is 34.6 Å². The highest BCUT2D eigenvalue weighted by Crippen LogP contribution is 2.34. The first-order valence-corrected chi connectivity index (χ1v) is 9.86. The summed E-state index contributed by atoms with van der Waals surface area (Å²) >= 11 is 0.898. The first kappa shape index (κ1) is 23.0. The summed E-state index contributed by atoms with van der Waals surface area (Å²) < 4.78 is 11.4. The Morgan fingerprint density at radius 2 is 1.97 bits per heavy atom. The second kappa shape index (κ2) is 9.48. The molecule has 1 amide bonds. The third-order valence-corrected chi connectivity index (χ3v) is 5.04. The van der Waals surface area contributed by atoms with Gasteiger partial charge in [-0.2, -0.15) is 4.68 Å². The van der Waals surface area contributed by atoms with E-state index >= 15 is 0 Å².